The van der Waals surface area contributed by atoms with Gasteiger partial charge in [0.25, 0.3) is 0 Å². The summed E-state index contributed by atoms with van der Waals surface area (Å²) in [6, 6.07) is 0.952. The molecule has 0 aromatic heterocycles. The van der Waals surface area contributed by atoms with E-state index in [-0.39, 0.29) is 6.42 Å². The van der Waals surface area contributed by atoms with Crippen LogP contribution >= 0.6 is 0 Å². The molecule has 14 heavy (non-hydrogen) atoms. The molecule has 0 aliphatic heterocycles. The highest BCUT2D eigenvalue weighted by molar-refractivity contribution is 5.66. The van der Waals surface area contributed by atoms with E-state index >= 15 is 0 Å². The number of rotatable bonds is 7. The first-order valence-electron chi connectivity index (χ1n) is 5.50. The van der Waals surface area contributed by atoms with Crippen molar-refractivity contribution >= 4 is 5.97 Å². The van der Waals surface area contributed by atoms with E-state index in [0.717, 1.165) is 12.8 Å². The average Bonchev–Trinajstić information content (AvgIpc) is 2.11. The lowest BCUT2D eigenvalue weighted by molar-refractivity contribution is -0.137. The number of nitrogens with zero attached hydrogens (tertiary/aromatic N) is 1. The Morgan fingerprint density at radius 1 is 1.29 bits per heavy atom. The largest absolute Gasteiger partial charge is 0.481 e. The van der Waals surface area contributed by atoms with Gasteiger partial charge >= 0.3 is 5.97 Å². The van der Waals surface area contributed by atoms with Crippen LogP contribution in [0.2, 0.25) is 0 Å². The number of aliphatic carboxylic acids is 1. The molecule has 0 rings (SSSR count). The Labute approximate surface area is 87.1 Å². The van der Waals surface area contributed by atoms with E-state index < -0.39 is 5.97 Å². The Morgan fingerprint density at radius 3 is 2.07 bits per heavy atom. The highest BCUT2D eigenvalue weighted by atomic mass is 16.4. The molecule has 84 valence electrons. The Bertz CT molecular complexity index is 165. The number of carbonyl (C=O) groups is 1. The maximum atomic E-state index is 10.5. The van der Waals surface area contributed by atoms with E-state index in [1.54, 1.807) is 0 Å². The normalized spacial score (nSPS) is 11.6. The van der Waals surface area contributed by atoms with Crippen molar-refractivity contribution in [3.8, 4) is 0 Å². The van der Waals surface area contributed by atoms with Crippen molar-refractivity contribution < 1.29 is 9.90 Å². The van der Waals surface area contributed by atoms with Crippen molar-refractivity contribution in [2.24, 2.45) is 0 Å². The van der Waals surface area contributed by atoms with Crippen LogP contribution in [0.15, 0.2) is 0 Å². The van der Waals surface area contributed by atoms with Gasteiger partial charge in [0.15, 0.2) is 0 Å². The molecule has 0 aromatic rings. The van der Waals surface area contributed by atoms with Gasteiger partial charge in [-0.15, -0.1) is 0 Å². The van der Waals surface area contributed by atoms with Gasteiger partial charge in [-0.25, -0.2) is 0 Å². The topological polar surface area (TPSA) is 40.5 Å². The Balaban J connectivity index is 4.19. The predicted molar refractivity (Wildman–Crippen MR) is 58.5 cm³/mol. The van der Waals surface area contributed by atoms with Crippen LogP contribution in [0.4, 0.5) is 0 Å². The van der Waals surface area contributed by atoms with Gasteiger partial charge in [0.2, 0.25) is 0 Å². The first kappa shape index (κ1) is 13.4. The smallest absolute Gasteiger partial charge is 0.304 e. The molecule has 1 N–H and O–H groups in total. The van der Waals surface area contributed by atoms with Crippen molar-refractivity contribution in [3.63, 3.8) is 0 Å². The van der Waals surface area contributed by atoms with Gasteiger partial charge in [0.05, 0.1) is 6.42 Å². The third kappa shape index (κ3) is 4.61. The van der Waals surface area contributed by atoms with Gasteiger partial charge in [-0.05, 0) is 26.7 Å². The fourth-order valence-corrected chi connectivity index (χ4v) is 1.84. The van der Waals surface area contributed by atoms with Gasteiger partial charge in [0, 0.05) is 18.6 Å². The zero-order chi connectivity index (χ0) is 11.1. The van der Waals surface area contributed by atoms with Crippen molar-refractivity contribution in [2.75, 3.05) is 6.54 Å². The van der Waals surface area contributed by atoms with E-state index in [9.17, 15) is 4.79 Å². The third-order valence-corrected chi connectivity index (χ3v) is 2.66. The molecule has 3 heteroatoms. The third-order valence-electron chi connectivity index (χ3n) is 2.66. The number of carboxylic acid groups (broad SMARTS) is 1. The maximum absolute atomic E-state index is 10.5. The van der Waals surface area contributed by atoms with Gasteiger partial charge in [-0.2, -0.15) is 0 Å². The highest BCUT2D eigenvalue weighted by Gasteiger charge is 2.18. The van der Waals surface area contributed by atoms with Gasteiger partial charge in [0.1, 0.15) is 0 Å². The molecular formula is C11H23NO2. The molecule has 0 bridgehead atoms. The Kier molecular flexibility index (Phi) is 6.54. The quantitative estimate of drug-likeness (QED) is 0.687. The summed E-state index contributed by atoms with van der Waals surface area (Å²) in [5.74, 6) is -0.707. The van der Waals surface area contributed by atoms with Crippen molar-refractivity contribution in [2.45, 2.75) is 59.0 Å². The van der Waals surface area contributed by atoms with Gasteiger partial charge in [-0.1, -0.05) is 13.8 Å². The van der Waals surface area contributed by atoms with Crippen LogP contribution in [-0.2, 0) is 4.79 Å². The minimum absolute atomic E-state index is 0.245. The molecule has 0 spiro atoms. The monoisotopic (exact) mass is 201 g/mol. The fraction of sp³-hybridized carbons (Fsp3) is 0.909. The first-order chi connectivity index (χ1) is 6.52. The van der Waals surface area contributed by atoms with E-state index in [0.29, 0.717) is 18.6 Å². The lowest BCUT2D eigenvalue weighted by Crippen LogP contribution is -2.41. The van der Waals surface area contributed by atoms with Gasteiger partial charge in [-0.3, -0.25) is 9.69 Å². The van der Waals surface area contributed by atoms with Crippen molar-refractivity contribution in [1.82, 2.24) is 4.90 Å². The van der Waals surface area contributed by atoms with E-state index in [1.807, 2.05) is 0 Å². The summed E-state index contributed by atoms with van der Waals surface area (Å²) in [5.41, 5.74) is 0. The Hall–Kier alpha value is -0.570. The molecular weight excluding hydrogens is 178 g/mol. The van der Waals surface area contributed by atoms with Gasteiger partial charge < -0.3 is 5.11 Å². The lowest BCUT2D eigenvalue weighted by atomic mass is 10.1. The molecule has 0 unspecified atom stereocenters. The highest BCUT2D eigenvalue weighted by Crippen LogP contribution is 2.12. The molecule has 0 fully saturated rings. The second kappa shape index (κ2) is 6.82. The van der Waals surface area contributed by atoms with Crippen LogP contribution < -0.4 is 0 Å². The van der Waals surface area contributed by atoms with Crippen molar-refractivity contribution in [3.05, 3.63) is 0 Å². The first-order valence-corrected chi connectivity index (χ1v) is 5.50. The summed E-state index contributed by atoms with van der Waals surface area (Å²) >= 11 is 0. The second-order valence-electron chi connectivity index (χ2n) is 3.95. The molecule has 0 heterocycles. The summed E-state index contributed by atoms with van der Waals surface area (Å²) < 4.78 is 0. The SMILES string of the molecule is CCC(CC)N(CCC(=O)O)C(C)C. The summed E-state index contributed by atoms with van der Waals surface area (Å²) in [6.07, 6.45) is 2.43. The summed E-state index contributed by atoms with van der Waals surface area (Å²) in [5, 5.41) is 8.64. The molecule has 0 aromatic carbocycles. The molecule has 0 aliphatic rings. The van der Waals surface area contributed by atoms with Crippen LogP contribution in [0.5, 0.6) is 0 Å². The number of hydrogen-bond donors (Lipinski definition) is 1. The van der Waals surface area contributed by atoms with Crippen molar-refractivity contribution in [1.29, 1.82) is 0 Å². The number of carboxylic acids is 1. The van der Waals surface area contributed by atoms with E-state index in [1.165, 1.54) is 0 Å². The molecule has 0 saturated heterocycles. The second-order valence-corrected chi connectivity index (χ2v) is 3.95. The lowest BCUT2D eigenvalue weighted by Gasteiger charge is -2.33. The standard InChI is InChI=1S/C11H23NO2/c1-5-10(6-2)12(9(3)4)8-7-11(13)14/h9-10H,5-8H2,1-4H3,(H,13,14). The predicted octanol–water partition coefficient (Wildman–Crippen LogP) is 2.36. The summed E-state index contributed by atoms with van der Waals surface area (Å²) in [7, 11) is 0. The minimum atomic E-state index is -0.707. The summed E-state index contributed by atoms with van der Waals surface area (Å²) in [6.45, 7) is 9.23. The van der Waals surface area contributed by atoms with Crippen LogP contribution in [0, 0.1) is 0 Å². The minimum Gasteiger partial charge on any atom is -0.481 e. The average molecular weight is 201 g/mol. The van der Waals surface area contributed by atoms with E-state index in [4.69, 9.17) is 5.11 Å². The molecule has 0 atom stereocenters. The molecule has 0 amide bonds. The molecule has 0 saturated carbocycles. The van der Waals surface area contributed by atoms with Crippen LogP contribution in [0.3, 0.4) is 0 Å². The fourth-order valence-electron chi connectivity index (χ4n) is 1.84. The number of hydrogen-bond acceptors (Lipinski definition) is 2. The zero-order valence-corrected chi connectivity index (χ0v) is 9.79. The zero-order valence-electron chi connectivity index (χ0n) is 9.79. The van der Waals surface area contributed by atoms with Crippen LogP contribution in [0.25, 0.3) is 0 Å². The summed E-state index contributed by atoms with van der Waals surface area (Å²) in [4.78, 5) is 12.8. The molecule has 0 radical (unpaired) electrons. The molecule has 0 aliphatic carbocycles. The molecule has 3 nitrogen and oxygen atoms in total. The van der Waals surface area contributed by atoms with Crippen LogP contribution in [-0.4, -0.2) is 34.6 Å². The Morgan fingerprint density at radius 2 is 1.79 bits per heavy atom. The van der Waals surface area contributed by atoms with E-state index in [2.05, 4.69) is 32.6 Å². The van der Waals surface area contributed by atoms with Crippen LogP contribution in [0.1, 0.15) is 47.0 Å². The maximum Gasteiger partial charge on any atom is 0.304 e.